The Morgan fingerprint density at radius 2 is 0.541 bits per heavy atom. The van der Waals surface area contributed by atoms with E-state index in [2.05, 4.69) is 463 Å². The van der Waals surface area contributed by atoms with Crippen LogP contribution in [0, 0.1) is 0 Å². The van der Waals surface area contributed by atoms with Crippen molar-refractivity contribution in [1.29, 1.82) is 0 Å². The molecule has 2 aliphatic heterocycles. The predicted molar refractivity (Wildman–Crippen MR) is 471 cm³/mol. The molecule has 18 aromatic rings. The number of benzene rings is 17. The van der Waals surface area contributed by atoms with E-state index in [1.807, 2.05) is 0 Å². The summed E-state index contributed by atoms with van der Waals surface area (Å²) in [5.74, 6) is 0. The lowest BCUT2D eigenvalue weighted by atomic mass is 9.33. The molecule has 0 bridgehead atoms. The summed E-state index contributed by atoms with van der Waals surface area (Å²) in [6.07, 6.45) is 0. The molecule has 1 aromatic heterocycles. The molecule has 0 amide bonds. The van der Waals surface area contributed by atoms with Crippen LogP contribution in [0.15, 0.2) is 449 Å². The maximum absolute atomic E-state index is 3.43. The van der Waals surface area contributed by atoms with Gasteiger partial charge in [-0.05, 0) is 139 Å². The van der Waals surface area contributed by atoms with Crippen molar-refractivity contribution >= 4 is 165 Å². The van der Waals surface area contributed by atoms with Gasteiger partial charge >= 0.3 is 0 Å². The molecule has 2 aliphatic rings. The summed E-state index contributed by atoms with van der Waals surface area (Å²) in [6.45, 7) is -0.347. The third kappa shape index (κ3) is 10.4. The van der Waals surface area contributed by atoms with E-state index in [1.165, 1.54) is 89.4 Å². The van der Waals surface area contributed by atoms with Gasteiger partial charge in [-0.3, -0.25) is 0 Å². The largest absolute Gasteiger partial charge is 0.311 e. The first-order valence-corrected chi connectivity index (χ1v) is 43.9. The fraction of sp³-hybridized carbons (Fsp3) is 0. The van der Waals surface area contributed by atoms with Crippen LogP contribution in [0.1, 0.15) is 0 Å². The Morgan fingerprint density at radius 1 is 0.202 bits per heavy atom. The number of nitrogens with zero attached hydrogens (tertiary/aromatic N) is 3. The number of anilines is 6. The average molecular weight is 1440 g/mol. The molecule has 7 heteroatoms. The van der Waals surface area contributed by atoms with Gasteiger partial charge in [0.1, 0.15) is 0 Å². The number of aromatic nitrogens is 1. The van der Waals surface area contributed by atoms with Crippen molar-refractivity contribution in [3.8, 4) is 16.8 Å². The van der Waals surface area contributed by atoms with E-state index in [9.17, 15) is 0 Å². The smallest absolute Gasteiger partial charge is 0.252 e. The minimum atomic E-state index is -3.43. The summed E-state index contributed by atoms with van der Waals surface area (Å²) in [5.41, 5.74) is 16.2. The number of hydrogen-bond donors (Lipinski definition) is 0. The van der Waals surface area contributed by atoms with E-state index in [0.717, 1.165) is 62.0 Å². The lowest BCUT2D eigenvalue weighted by Gasteiger charge is -2.47. The van der Waals surface area contributed by atoms with Gasteiger partial charge in [-0.15, -0.1) is 0 Å². The molecule has 3 heterocycles. The van der Waals surface area contributed by atoms with Gasteiger partial charge in [0.2, 0.25) is 0 Å². The van der Waals surface area contributed by atoms with Gasteiger partial charge in [-0.25, -0.2) is 0 Å². The summed E-state index contributed by atoms with van der Waals surface area (Å²) in [6, 6.07) is 172. The SMILES string of the molecule is c1ccc(-c2ccccc2N2c3cc(-n4c5ccccc5c5ccccc54)cc4c3B(c3cc([Si](c5ccccc5)(c5ccccc5)c5ccccc5)ccc3N4c3ccc([Si](c4ccccc4)(c4ccccc4)c4ccccc4)cc3)c3c2cccc3[Si](c2ccccc2)(c2ccccc2)c2ccccc2)cc1. The van der Waals surface area contributed by atoms with Crippen molar-refractivity contribution in [3.05, 3.63) is 449 Å². The highest BCUT2D eigenvalue weighted by atomic mass is 28.3. The normalized spacial score (nSPS) is 12.5. The minimum Gasteiger partial charge on any atom is -0.311 e. The average Bonchev–Trinajstić information content (AvgIpc) is 0.947. The highest BCUT2D eigenvalue weighted by Gasteiger charge is 2.52. The standard InChI is InChI=1S/C102H74BN3Si3/c1-11-38-75(39-12-1)89-58-31-34-61-93(89)106-97-64-37-65-100(109(84-52-25-8-26-53-84,85-54-27-9-28-55-85)86-56-29-10-30-57-86)102(97)103-92-74-88(108(81-46-19-5-20-47-81,82-48-21-6-22-49-82)83-50-23-7-24-51-83)70-71-96(92)104(98-72-77(73-99(106)101(98)103)105-94-62-35-32-59-90(94)91-60-33-36-63-95(91)105)76-66-68-87(69-67-76)107(78-40-13-2-14-41-78,79-42-15-3-16-43-79)80-44-17-4-18-45-80/h1-74H. The molecule has 3 nitrogen and oxygen atoms in total. The van der Waals surface area contributed by atoms with Crippen LogP contribution in [0.3, 0.4) is 0 Å². The number of hydrogen-bond acceptors (Lipinski definition) is 2. The molecule has 20 rings (SSSR count). The second-order valence-electron chi connectivity index (χ2n) is 28.9. The Morgan fingerprint density at radius 3 is 0.982 bits per heavy atom. The van der Waals surface area contributed by atoms with Crippen molar-refractivity contribution in [2.75, 3.05) is 9.80 Å². The molecular formula is C102H74BN3Si3. The Bertz CT molecular complexity index is 5990. The molecule has 109 heavy (non-hydrogen) atoms. The van der Waals surface area contributed by atoms with E-state index in [1.54, 1.807) is 0 Å². The molecule has 0 fully saturated rings. The Labute approximate surface area is 641 Å². The summed E-state index contributed by atoms with van der Waals surface area (Å²) < 4.78 is 2.54. The lowest BCUT2D eigenvalue weighted by molar-refractivity contribution is 1.16. The summed E-state index contributed by atoms with van der Waals surface area (Å²) in [7, 11) is -9.67. The van der Waals surface area contributed by atoms with Crippen LogP contribution < -0.4 is 88.4 Å². The van der Waals surface area contributed by atoms with Gasteiger partial charge in [-0.2, -0.15) is 0 Å². The van der Waals surface area contributed by atoms with Crippen molar-refractivity contribution in [2.24, 2.45) is 0 Å². The van der Waals surface area contributed by atoms with Crippen LogP contribution in [0.2, 0.25) is 0 Å². The molecule has 0 atom stereocenters. The van der Waals surface area contributed by atoms with Gasteiger partial charge in [0.25, 0.3) is 6.71 Å². The third-order valence-corrected chi connectivity index (χ3v) is 37.8. The van der Waals surface area contributed by atoms with E-state index in [0.29, 0.717) is 0 Å². The van der Waals surface area contributed by atoms with E-state index in [-0.39, 0.29) is 6.71 Å². The monoisotopic (exact) mass is 1440 g/mol. The highest BCUT2D eigenvalue weighted by Crippen LogP contribution is 2.48. The van der Waals surface area contributed by atoms with E-state index < -0.39 is 24.2 Å². The van der Waals surface area contributed by atoms with Crippen molar-refractivity contribution in [3.63, 3.8) is 0 Å². The van der Waals surface area contributed by atoms with Crippen molar-refractivity contribution in [2.45, 2.75) is 0 Å². The predicted octanol–water partition coefficient (Wildman–Crippen LogP) is 14.7. The number of fused-ring (bicyclic) bond motifs is 7. The molecule has 0 saturated carbocycles. The van der Waals surface area contributed by atoms with E-state index in [4.69, 9.17) is 0 Å². The molecule has 0 spiro atoms. The highest BCUT2D eigenvalue weighted by molar-refractivity contribution is 7.23. The second kappa shape index (κ2) is 27.3. The molecule has 512 valence electrons. The molecule has 0 aliphatic carbocycles. The quantitative estimate of drug-likeness (QED) is 0.0706. The number of para-hydroxylation sites is 3. The van der Waals surface area contributed by atoms with Gasteiger partial charge < -0.3 is 14.4 Å². The Kier molecular flexibility index (Phi) is 16.4. The first-order chi connectivity index (χ1) is 54.1. The van der Waals surface area contributed by atoms with Gasteiger partial charge in [0, 0.05) is 44.8 Å². The zero-order chi connectivity index (χ0) is 72.3. The maximum Gasteiger partial charge on any atom is 0.252 e. The van der Waals surface area contributed by atoms with Gasteiger partial charge in [0.15, 0.2) is 24.2 Å². The minimum absolute atomic E-state index is 0.347. The zero-order valence-corrected chi connectivity index (χ0v) is 63.1. The van der Waals surface area contributed by atoms with Crippen LogP contribution in [0.5, 0.6) is 0 Å². The Hall–Kier alpha value is -13.1. The van der Waals surface area contributed by atoms with Crippen LogP contribution in [0.25, 0.3) is 38.6 Å². The molecule has 0 unspecified atom stereocenters. The lowest BCUT2D eigenvalue weighted by Crippen LogP contribution is -2.80. The number of rotatable bonds is 16. The summed E-state index contributed by atoms with van der Waals surface area (Å²) in [4.78, 5) is 5.37. The first kappa shape index (κ1) is 65.4. The van der Waals surface area contributed by atoms with Crippen LogP contribution in [0.4, 0.5) is 34.1 Å². The topological polar surface area (TPSA) is 11.4 Å². The molecule has 0 saturated heterocycles. The second-order valence-corrected chi connectivity index (χ2v) is 40.2. The fourth-order valence-corrected chi connectivity index (χ4v) is 33.6. The molecular weight excluding hydrogens is 1360 g/mol. The van der Waals surface area contributed by atoms with Gasteiger partial charge in [0.05, 0.1) is 22.4 Å². The van der Waals surface area contributed by atoms with Crippen molar-refractivity contribution in [1.82, 2.24) is 4.57 Å². The fourth-order valence-electron chi connectivity index (χ4n) is 19.0. The summed E-state index contributed by atoms with van der Waals surface area (Å²) in [5, 5.41) is 18.3. The Balaban J connectivity index is 0.974. The van der Waals surface area contributed by atoms with Crippen molar-refractivity contribution < 1.29 is 0 Å². The molecule has 17 aromatic carbocycles. The van der Waals surface area contributed by atoms with Crippen LogP contribution in [-0.2, 0) is 0 Å². The van der Waals surface area contributed by atoms with Crippen LogP contribution >= 0.6 is 0 Å². The zero-order valence-electron chi connectivity index (χ0n) is 60.1. The summed E-state index contributed by atoms with van der Waals surface area (Å²) >= 11 is 0. The maximum atomic E-state index is 2.72. The third-order valence-electron chi connectivity index (χ3n) is 23.4. The first-order valence-electron chi connectivity index (χ1n) is 37.9. The van der Waals surface area contributed by atoms with Gasteiger partial charge in [-0.1, -0.05) is 394 Å². The molecule has 0 radical (unpaired) electrons. The van der Waals surface area contributed by atoms with Crippen LogP contribution in [-0.4, -0.2) is 35.5 Å². The molecule has 0 N–H and O–H groups in total. The van der Waals surface area contributed by atoms with E-state index >= 15 is 0 Å².